The maximum atomic E-state index is 5.55. The normalized spacial score (nSPS) is 18.5. The van der Waals surface area contributed by atoms with Crippen molar-refractivity contribution >= 4 is 11.8 Å². The van der Waals surface area contributed by atoms with Crippen LogP contribution in [0.2, 0.25) is 0 Å². The molecule has 0 radical (unpaired) electrons. The van der Waals surface area contributed by atoms with Gasteiger partial charge in [-0.2, -0.15) is 11.8 Å². The first-order valence-electron chi connectivity index (χ1n) is 8.15. The van der Waals surface area contributed by atoms with E-state index in [0.717, 1.165) is 38.3 Å². The standard InChI is InChI=1S/C19H24N2OS/c1-23-19(10-13-22-14-11-19)15-21-18(16-7-3-2-4-8-16)17-9-5-6-12-20-17/h2-9,12,18,21H,10-11,13-15H2,1H3. The molecule has 1 aromatic carbocycles. The van der Waals surface area contributed by atoms with Gasteiger partial charge in [0.25, 0.3) is 0 Å². The van der Waals surface area contributed by atoms with Crippen LogP contribution >= 0.6 is 11.8 Å². The Labute approximate surface area is 142 Å². The summed E-state index contributed by atoms with van der Waals surface area (Å²) in [4.78, 5) is 4.57. The molecule has 1 aliphatic rings. The number of rotatable bonds is 6. The monoisotopic (exact) mass is 328 g/mol. The van der Waals surface area contributed by atoms with E-state index in [4.69, 9.17) is 4.74 Å². The highest BCUT2D eigenvalue weighted by atomic mass is 32.2. The van der Waals surface area contributed by atoms with Gasteiger partial charge in [0, 0.05) is 30.7 Å². The number of benzene rings is 1. The molecule has 1 unspecified atom stereocenters. The number of nitrogens with zero attached hydrogens (tertiary/aromatic N) is 1. The van der Waals surface area contributed by atoms with E-state index in [1.54, 1.807) is 0 Å². The van der Waals surface area contributed by atoms with Gasteiger partial charge in [-0.25, -0.2) is 0 Å². The molecule has 0 spiro atoms. The summed E-state index contributed by atoms with van der Waals surface area (Å²) in [5.74, 6) is 0. The second-order valence-corrected chi connectivity index (χ2v) is 7.25. The lowest BCUT2D eigenvalue weighted by molar-refractivity contribution is 0.0768. The number of nitrogens with one attached hydrogen (secondary N) is 1. The Bertz CT molecular complexity index is 545. The molecule has 1 aromatic heterocycles. The highest BCUT2D eigenvalue weighted by molar-refractivity contribution is 8.00. The van der Waals surface area contributed by atoms with Gasteiger partial charge in [-0.15, -0.1) is 0 Å². The Kier molecular flexibility index (Phi) is 5.70. The average Bonchev–Trinajstić information content (AvgIpc) is 2.64. The third kappa shape index (κ3) is 4.14. The van der Waals surface area contributed by atoms with Crippen molar-refractivity contribution in [1.29, 1.82) is 0 Å². The fourth-order valence-corrected chi connectivity index (χ4v) is 3.87. The largest absolute Gasteiger partial charge is 0.381 e. The van der Waals surface area contributed by atoms with E-state index < -0.39 is 0 Å². The van der Waals surface area contributed by atoms with E-state index in [1.807, 2.05) is 24.0 Å². The zero-order valence-corrected chi connectivity index (χ0v) is 14.4. The predicted octanol–water partition coefficient (Wildman–Crippen LogP) is 3.67. The molecule has 1 aliphatic heterocycles. The second-order valence-electron chi connectivity index (χ2n) is 5.98. The molecule has 1 N–H and O–H groups in total. The molecule has 3 rings (SSSR count). The zero-order chi connectivity index (χ0) is 16.0. The van der Waals surface area contributed by atoms with Gasteiger partial charge in [0.05, 0.1) is 11.7 Å². The molecule has 122 valence electrons. The van der Waals surface area contributed by atoms with Crippen molar-refractivity contribution in [2.75, 3.05) is 26.0 Å². The van der Waals surface area contributed by atoms with E-state index in [9.17, 15) is 0 Å². The van der Waals surface area contributed by atoms with Gasteiger partial charge in [0.2, 0.25) is 0 Å². The molecule has 0 saturated carbocycles. The Morgan fingerprint density at radius 3 is 2.52 bits per heavy atom. The van der Waals surface area contributed by atoms with E-state index >= 15 is 0 Å². The Morgan fingerprint density at radius 1 is 1.13 bits per heavy atom. The lowest BCUT2D eigenvalue weighted by Crippen LogP contribution is -2.43. The summed E-state index contributed by atoms with van der Waals surface area (Å²) in [5, 5.41) is 3.77. The zero-order valence-electron chi connectivity index (χ0n) is 13.6. The summed E-state index contributed by atoms with van der Waals surface area (Å²) >= 11 is 1.96. The van der Waals surface area contributed by atoms with Gasteiger partial charge in [-0.1, -0.05) is 36.4 Å². The van der Waals surface area contributed by atoms with Crippen molar-refractivity contribution in [1.82, 2.24) is 10.3 Å². The quantitative estimate of drug-likeness (QED) is 0.877. The van der Waals surface area contributed by atoms with Crippen molar-refractivity contribution < 1.29 is 4.74 Å². The summed E-state index contributed by atoms with van der Waals surface area (Å²) in [6.45, 7) is 2.69. The van der Waals surface area contributed by atoms with Crippen LogP contribution in [0.3, 0.4) is 0 Å². The fourth-order valence-electron chi connectivity index (χ4n) is 3.07. The third-order valence-electron chi connectivity index (χ3n) is 4.58. The van der Waals surface area contributed by atoms with Crippen molar-refractivity contribution in [3.63, 3.8) is 0 Å². The van der Waals surface area contributed by atoms with E-state index in [1.165, 1.54) is 5.56 Å². The molecule has 1 atom stereocenters. The lowest BCUT2D eigenvalue weighted by Gasteiger charge is -2.37. The van der Waals surface area contributed by atoms with Crippen molar-refractivity contribution in [3.05, 3.63) is 66.0 Å². The summed E-state index contributed by atoms with van der Waals surface area (Å²) < 4.78 is 5.81. The average molecular weight is 328 g/mol. The van der Waals surface area contributed by atoms with Crippen LogP contribution in [0, 0.1) is 0 Å². The maximum Gasteiger partial charge on any atom is 0.0751 e. The first kappa shape index (κ1) is 16.5. The molecule has 23 heavy (non-hydrogen) atoms. The smallest absolute Gasteiger partial charge is 0.0751 e. The van der Waals surface area contributed by atoms with Gasteiger partial charge >= 0.3 is 0 Å². The summed E-state index contributed by atoms with van der Waals surface area (Å²) in [6, 6.07) is 16.8. The minimum atomic E-state index is 0.129. The van der Waals surface area contributed by atoms with Crippen LogP contribution in [0.1, 0.15) is 30.1 Å². The van der Waals surface area contributed by atoms with Crippen LogP contribution in [-0.2, 0) is 4.74 Å². The summed E-state index contributed by atoms with van der Waals surface area (Å²) in [5.41, 5.74) is 2.33. The fraction of sp³-hybridized carbons (Fsp3) is 0.421. The number of pyridine rings is 1. The minimum Gasteiger partial charge on any atom is -0.381 e. The van der Waals surface area contributed by atoms with Crippen molar-refractivity contribution in [2.24, 2.45) is 0 Å². The molecule has 0 aliphatic carbocycles. The van der Waals surface area contributed by atoms with Gasteiger partial charge in [0.1, 0.15) is 0 Å². The second kappa shape index (κ2) is 7.95. The molecule has 2 heterocycles. The predicted molar refractivity (Wildman–Crippen MR) is 96.8 cm³/mol. The molecular weight excluding hydrogens is 304 g/mol. The Hall–Kier alpha value is -1.36. The first-order chi connectivity index (χ1) is 11.3. The molecule has 0 amide bonds. The van der Waals surface area contributed by atoms with E-state index in [2.05, 4.69) is 59.0 Å². The van der Waals surface area contributed by atoms with Crippen molar-refractivity contribution in [2.45, 2.75) is 23.6 Å². The highest BCUT2D eigenvalue weighted by Gasteiger charge is 2.32. The Morgan fingerprint density at radius 2 is 1.87 bits per heavy atom. The molecular formula is C19H24N2OS. The van der Waals surface area contributed by atoms with Gasteiger partial charge < -0.3 is 10.1 Å². The van der Waals surface area contributed by atoms with Crippen LogP contribution in [-0.4, -0.2) is 35.7 Å². The lowest BCUT2D eigenvalue weighted by atomic mass is 9.96. The number of hydrogen-bond acceptors (Lipinski definition) is 4. The van der Waals surface area contributed by atoms with E-state index in [0.29, 0.717) is 0 Å². The van der Waals surface area contributed by atoms with Crippen LogP contribution < -0.4 is 5.32 Å². The van der Waals surface area contributed by atoms with Crippen LogP contribution in [0.15, 0.2) is 54.7 Å². The molecule has 4 heteroatoms. The van der Waals surface area contributed by atoms with Gasteiger partial charge in [-0.3, -0.25) is 4.98 Å². The number of hydrogen-bond donors (Lipinski definition) is 1. The van der Waals surface area contributed by atoms with Crippen LogP contribution in [0.4, 0.5) is 0 Å². The molecule has 1 fully saturated rings. The number of ether oxygens (including phenoxy) is 1. The van der Waals surface area contributed by atoms with Crippen LogP contribution in [0.5, 0.6) is 0 Å². The minimum absolute atomic E-state index is 0.129. The third-order valence-corrected chi connectivity index (χ3v) is 6.00. The maximum absolute atomic E-state index is 5.55. The molecule has 3 nitrogen and oxygen atoms in total. The molecule has 1 saturated heterocycles. The number of thioether (sulfide) groups is 1. The van der Waals surface area contributed by atoms with Crippen molar-refractivity contribution in [3.8, 4) is 0 Å². The molecule has 2 aromatic rings. The summed E-state index contributed by atoms with van der Waals surface area (Å²) in [7, 11) is 0. The van der Waals surface area contributed by atoms with Gasteiger partial charge in [0.15, 0.2) is 0 Å². The van der Waals surface area contributed by atoms with Crippen LogP contribution in [0.25, 0.3) is 0 Å². The van der Waals surface area contributed by atoms with Gasteiger partial charge in [-0.05, 0) is 36.8 Å². The Balaban J connectivity index is 1.79. The molecule has 0 bridgehead atoms. The SMILES string of the molecule is CSC1(CNC(c2ccccc2)c2ccccn2)CCOCC1. The highest BCUT2D eigenvalue weighted by Crippen LogP contribution is 2.34. The number of aromatic nitrogens is 1. The summed E-state index contributed by atoms with van der Waals surface area (Å²) in [6.07, 6.45) is 6.28. The first-order valence-corrected chi connectivity index (χ1v) is 9.38. The topological polar surface area (TPSA) is 34.2 Å². The van der Waals surface area contributed by atoms with E-state index in [-0.39, 0.29) is 10.8 Å².